The van der Waals surface area contributed by atoms with Crippen LogP contribution in [0.25, 0.3) is 0 Å². The molecule has 0 fully saturated rings. The molecule has 2 aromatic rings. The van der Waals surface area contributed by atoms with Crippen LogP contribution in [0.3, 0.4) is 0 Å². The van der Waals surface area contributed by atoms with E-state index in [0.29, 0.717) is 23.8 Å². The number of nitrogens with one attached hydrogen (secondary N) is 1. The molecule has 2 rings (SSSR count). The monoisotopic (exact) mass is 266 g/mol. The molecule has 2 aromatic heterocycles. The number of aromatic nitrogens is 3. The number of carbonyl (C=O) groups excluding carboxylic acids is 1. The summed E-state index contributed by atoms with van der Waals surface area (Å²) in [6.07, 6.45) is 5.16. The van der Waals surface area contributed by atoms with Crippen LogP contribution < -0.4 is 0 Å². The summed E-state index contributed by atoms with van der Waals surface area (Å²) in [6.45, 7) is 3.13. The Bertz CT molecular complexity index is 532. The molecular weight excluding hydrogens is 252 g/mol. The van der Waals surface area contributed by atoms with Crippen molar-refractivity contribution in [1.82, 2.24) is 19.4 Å². The summed E-state index contributed by atoms with van der Waals surface area (Å²) < 4.78 is 1.84. The van der Waals surface area contributed by atoms with Crippen LogP contribution >= 0.6 is 11.6 Å². The number of hydrogen-bond acceptors (Lipinski definition) is 2. The summed E-state index contributed by atoms with van der Waals surface area (Å²) in [6, 6.07) is 1.69. The Morgan fingerprint density at radius 1 is 1.61 bits per heavy atom. The Kier molecular flexibility index (Phi) is 3.72. The molecule has 0 aliphatic carbocycles. The molecule has 0 bridgehead atoms. The molecule has 0 saturated carbocycles. The first-order chi connectivity index (χ1) is 8.61. The van der Waals surface area contributed by atoms with Crippen LogP contribution in [0.5, 0.6) is 0 Å². The second-order valence-electron chi connectivity index (χ2n) is 4.03. The Hall–Kier alpha value is -1.75. The molecule has 1 amide bonds. The van der Waals surface area contributed by atoms with Crippen molar-refractivity contribution in [3.05, 3.63) is 41.2 Å². The minimum atomic E-state index is -0.0693. The van der Waals surface area contributed by atoms with Gasteiger partial charge in [-0.1, -0.05) is 11.6 Å². The molecule has 5 nitrogen and oxygen atoms in total. The lowest BCUT2D eigenvalue weighted by atomic mass is 10.3. The molecular formula is C12H15ClN4O. The number of carbonyl (C=O) groups is 1. The van der Waals surface area contributed by atoms with Crippen LogP contribution in [0.1, 0.15) is 23.2 Å². The lowest BCUT2D eigenvalue weighted by Crippen LogP contribution is -2.28. The molecule has 6 heteroatoms. The average Bonchev–Trinajstić information content (AvgIpc) is 2.97. The van der Waals surface area contributed by atoms with E-state index in [-0.39, 0.29) is 5.91 Å². The fourth-order valence-electron chi connectivity index (χ4n) is 1.79. The molecule has 0 spiro atoms. The average molecular weight is 267 g/mol. The molecule has 0 radical (unpaired) electrons. The summed E-state index contributed by atoms with van der Waals surface area (Å²) in [7, 11) is 1.74. The number of rotatable bonds is 4. The smallest absolute Gasteiger partial charge is 0.270 e. The van der Waals surface area contributed by atoms with Gasteiger partial charge in [0.25, 0.3) is 5.91 Å². The maximum Gasteiger partial charge on any atom is 0.270 e. The molecule has 2 heterocycles. The fraction of sp³-hybridized carbons (Fsp3) is 0.333. The van der Waals surface area contributed by atoms with E-state index in [0.717, 1.165) is 5.82 Å². The van der Waals surface area contributed by atoms with Crippen LogP contribution in [0.2, 0.25) is 5.02 Å². The first-order valence-corrected chi connectivity index (χ1v) is 6.09. The van der Waals surface area contributed by atoms with Gasteiger partial charge in [-0.3, -0.25) is 4.79 Å². The van der Waals surface area contributed by atoms with Crippen molar-refractivity contribution in [3.8, 4) is 0 Å². The number of amides is 1. The molecule has 0 atom stereocenters. The highest BCUT2D eigenvalue weighted by molar-refractivity contribution is 6.31. The van der Waals surface area contributed by atoms with Crippen molar-refractivity contribution >= 4 is 17.5 Å². The number of hydrogen-bond donors (Lipinski definition) is 1. The quantitative estimate of drug-likeness (QED) is 0.922. The summed E-state index contributed by atoms with van der Waals surface area (Å²) in [5.74, 6) is 0.687. The van der Waals surface area contributed by atoms with Crippen molar-refractivity contribution in [2.45, 2.75) is 20.0 Å². The van der Waals surface area contributed by atoms with E-state index in [2.05, 4.69) is 9.97 Å². The van der Waals surface area contributed by atoms with Crippen molar-refractivity contribution < 1.29 is 4.79 Å². The zero-order valence-electron chi connectivity index (χ0n) is 10.4. The molecule has 0 aliphatic heterocycles. The second kappa shape index (κ2) is 5.27. The lowest BCUT2D eigenvalue weighted by molar-refractivity contribution is 0.0771. The van der Waals surface area contributed by atoms with Crippen LogP contribution in [-0.4, -0.2) is 32.4 Å². The molecule has 0 aromatic carbocycles. The highest BCUT2D eigenvalue weighted by Crippen LogP contribution is 2.16. The van der Waals surface area contributed by atoms with Gasteiger partial charge >= 0.3 is 0 Å². The summed E-state index contributed by atoms with van der Waals surface area (Å²) in [5.41, 5.74) is 0.594. The highest BCUT2D eigenvalue weighted by atomic mass is 35.5. The summed E-state index contributed by atoms with van der Waals surface area (Å²) in [5, 5.41) is 0.576. The maximum absolute atomic E-state index is 12.3. The third-order valence-electron chi connectivity index (χ3n) is 2.71. The third-order valence-corrected chi connectivity index (χ3v) is 2.92. The van der Waals surface area contributed by atoms with Crippen molar-refractivity contribution in [3.63, 3.8) is 0 Å². The Balaban J connectivity index is 2.15. The minimum absolute atomic E-state index is 0.0693. The first-order valence-electron chi connectivity index (χ1n) is 5.71. The van der Waals surface area contributed by atoms with Gasteiger partial charge in [-0.05, 0) is 13.0 Å². The van der Waals surface area contributed by atoms with E-state index < -0.39 is 0 Å². The van der Waals surface area contributed by atoms with Gasteiger partial charge < -0.3 is 14.5 Å². The van der Waals surface area contributed by atoms with E-state index in [1.165, 1.54) is 0 Å². The normalized spacial score (nSPS) is 10.6. The Labute approximate surface area is 110 Å². The molecule has 0 unspecified atom stereocenters. The summed E-state index contributed by atoms with van der Waals surface area (Å²) >= 11 is 5.93. The minimum Gasteiger partial charge on any atom is -0.347 e. The van der Waals surface area contributed by atoms with Gasteiger partial charge in [0.15, 0.2) is 0 Å². The van der Waals surface area contributed by atoms with Crippen molar-refractivity contribution in [2.24, 2.45) is 0 Å². The van der Waals surface area contributed by atoms with Gasteiger partial charge in [-0.25, -0.2) is 4.98 Å². The zero-order valence-corrected chi connectivity index (χ0v) is 11.1. The largest absolute Gasteiger partial charge is 0.347 e. The number of nitrogens with zero attached hydrogens (tertiary/aromatic N) is 3. The zero-order chi connectivity index (χ0) is 13.1. The topological polar surface area (TPSA) is 53.9 Å². The second-order valence-corrected chi connectivity index (χ2v) is 4.46. The van der Waals surface area contributed by atoms with Crippen molar-refractivity contribution in [2.75, 3.05) is 7.05 Å². The molecule has 0 saturated heterocycles. The van der Waals surface area contributed by atoms with Crippen LogP contribution in [0.15, 0.2) is 24.7 Å². The number of H-pyrrole nitrogens is 1. The standard InChI is InChI=1S/C12H15ClN4O/c1-3-17-7-9(13)6-10(17)12(18)16(2)8-11-14-4-5-15-11/h4-7H,3,8H2,1-2H3,(H,14,15). The Morgan fingerprint density at radius 3 is 3.00 bits per heavy atom. The van der Waals surface area contributed by atoms with E-state index >= 15 is 0 Å². The van der Waals surface area contributed by atoms with Crippen LogP contribution in [0, 0.1) is 0 Å². The van der Waals surface area contributed by atoms with E-state index in [1.807, 2.05) is 11.5 Å². The van der Waals surface area contributed by atoms with Gasteiger partial charge in [0, 0.05) is 32.2 Å². The summed E-state index contributed by atoms with van der Waals surface area (Å²) in [4.78, 5) is 20.9. The van der Waals surface area contributed by atoms with E-state index in [1.54, 1.807) is 36.6 Å². The third kappa shape index (κ3) is 2.56. The number of imidazole rings is 1. The lowest BCUT2D eigenvalue weighted by Gasteiger charge is -2.16. The number of aryl methyl sites for hydroxylation is 1. The van der Waals surface area contributed by atoms with Crippen LogP contribution in [-0.2, 0) is 13.1 Å². The fourth-order valence-corrected chi connectivity index (χ4v) is 2.01. The van der Waals surface area contributed by atoms with E-state index in [9.17, 15) is 4.79 Å². The van der Waals surface area contributed by atoms with E-state index in [4.69, 9.17) is 11.6 Å². The molecule has 96 valence electrons. The van der Waals surface area contributed by atoms with Gasteiger partial charge in [0.2, 0.25) is 0 Å². The highest BCUT2D eigenvalue weighted by Gasteiger charge is 2.17. The van der Waals surface area contributed by atoms with Gasteiger partial charge in [0.1, 0.15) is 11.5 Å². The SMILES string of the molecule is CCn1cc(Cl)cc1C(=O)N(C)Cc1ncc[nH]1. The predicted molar refractivity (Wildman–Crippen MR) is 69.5 cm³/mol. The molecule has 18 heavy (non-hydrogen) atoms. The molecule has 0 aliphatic rings. The maximum atomic E-state index is 12.3. The van der Waals surface area contributed by atoms with Crippen LogP contribution in [0.4, 0.5) is 0 Å². The van der Waals surface area contributed by atoms with Gasteiger partial charge in [-0.15, -0.1) is 0 Å². The van der Waals surface area contributed by atoms with Crippen molar-refractivity contribution in [1.29, 1.82) is 0 Å². The predicted octanol–water partition coefficient (Wildman–Crippen LogP) is 2.16. The number of halogens is 1. The van der Waals surface area contributed by atoms with Gasteiger partial charge in [0.05, 0.1) is 11.6 Å². The molecule has 1 N–H and O–H groups in total. The Morgan fingerprint density at radius 2 is 2.39 bits per heavy atom. The number of aromatic amines is 1. The first kappa shape index (κ1) is 12.7. The van der Waals surface area contributed by atoms with Gasteiger partial charge in [-0.2, -0.15) is 0 Å².